The van der Waals surface area contributed by atoms with Crippen molar-refractivity contribution in [3.63, 3.8) is 0 Å². The van der Waals surface area contributed by atoms with E-state index in [2.05, 4.69) is 4.98 Å². The van der Waals surface area contributed by atoms with Crippen LogP contribution in [0, 0.1) is 11.3 Å². The van der Waals surface area contributed by atoms with E-state index in [0.29, 0.717) is 5.01 Å². The number of ketones is 1. The highest BCUT2D eigenvalue weighted by Crippen LogP contribution is 2.39. The van der Waals surface area contributed by atoms with Gasteiger partial charge in [0.25, 0.3) is 0 Å². The minimum Gasteiger partial charge on any atom is -0.370 e. The predicted octanol–water partition coefficient (Wildman–Crippen LogP) is 2.18. The van der Waals surface area contributed by atoms with Crippen LogP contribution in [0.1, 0.15) is 29.8 Å². The summed E-state index contributed by atoms with van der Waals surface area (Å²) in [4.78, 5) is 28.3. The molecule has 0 saturated heterocycles. The Morgan fingerprint density at radius 1 is 1.32 bits per heavy atom. The standard InChI is InChI=1S/C16H15N3O2S/c17-9-7-13(20)16(8-6-14(18)21,15-19-10-11-22-15)12-4-2-1-3-5-12/h1-5,10-11H,6-8H2,(H2,18,21). The maximum Gasteiger partial charge on any atom is 0.217 e. The first-order chi connectivity index (χ1) is 10.6. The molecule has 1 unspecified atom stereocenters. The third-order valence-electron chi connectivity index (χ3n) is 3.53. The summed E-state index contributed by atoms with van der Waals surface area (Å²) in [5.74, 6) is -0.751. The van der Waals surface area contributed by atoms with Crippen molar-refractivity contribution in [2.24, 2.45) is 5.73 Å². The quantitative estimate of drug-likeness (QED) is 0.847. The normalized spacial score (nSPS) is 13.0. The minimum absolute atomic E-state index is 0.0473. The zero-order chi connectivity index (χ0) is 16.0. The third kappa shape index (κ3) is 3.05. The van der Waals surface area contributed by atoms with E-state index in [4.69, 9.17) is 11.0 Å². The third-order valence-corrected chi connectivity index (χ3v) is 4.46. The summed E-state index contributed by atoms with van der Waals surface area (Å²) in [5, 5.41) is 11.3. The predicted molar refractivity (Wildman–Crippen MR) is 83.0 cm³/mol. The number of carbonyl (C=O) groups excluding carboxylic acids is 2. The Balaban J connectivity index is 2.60. The molecule has 1 amide bonds. The molecule has 0 aliphatic heterocycles. The van der Waals surface area contributed by atoms with Crippen molar-refractivity contribution in [1.82, 2.24) is 4.98 Å². The van der Waals surface area contributed by atoms with Gasteiger partial charge in [-0.25, -0.2) is 4.98 Å². The Morgan fingerprint density at radius 3 is 2.59 bits per heavy atom. The number of nitrogens with zero attached hydrogens (tertiary/aromatic N) is 2. The van der Waals surface area contributed by atoms with Crippen LogP contribution in [0.3, 0.4) is 0 Å². The van der Waals surface area contributed by atoms with Crippen LogP contribution in [0.15, 0.2) is 41.9 Å². The van der Waals surface area contributed by atoms with Gasteiger partial charge in [0.2, 0.25) is 5.91 Å². The Labute approximate surface area is 132 Å². The number of carbonyl (C=O) groups is 2. The molecule has 1 aromatic heterocycles. The lowest BCUT2D eigenvalue weighted by atomic mass is 9.72. The van der Waals surface area contributed by atoms with E-state index in [9.17, 15) is 9.59 Å². The monoisotopic (exact) mass is 313 g/mol. The Morgan fingerprint density at radius 2 is 2.05 bits per heavy atom. The zero-order valence-electron chi connectivity index (χ0n) is 11.9. The van der Waals surface area contributed by atoms with Crippen molar-refractivity contribution in [2.75, 3.05) is 0 Å². The number of primary amides is 1. The first-order valence-electron chi connectivity index (χ1n) is 6.75. The molecule has 6 heteroatoms. The van der Waals surface area contributed by atoms with Crippen molar-refractivity contribution < 1.29 is 9.59 Å². The summed E-state index contributed by atoms with van der Waals surface area (Å²) in [5.41, 5.74) is 4.90. The molecule has 0 aliphatic carbocycles. The van der Waals surface area contributed by atoms with Gasteiger partial charge in [-0.2, -0.15) is 5.26 Å². The molecular formula is C16H15N3O2S. The highest BCUT2D eigenvalue weighted by Gasteiger charge is 2.43. The second kappa shape index (κ2) is 6.96. The van der Waals surface area contributed by atoms with Gasteiger partial charge in [-0.1, -0.05) is 30.3 Å². The molecule has 5 nitrogen and oxygen atoms in total. The zero-order valence-corrected chi connectivity index (χ0v) is 12.7. The lowest BCUT2D eigenvalue weighted by Gasteiger charge is -2.30. The molecule has 2 rings (SSSR count). The molecule has 0 fully saturated rings. The van der Waals surface area contributed by atoms with Crippen LogP contribution in [0.25, 0.3) is 0 Å². The number of rotatable bonds is 7. The van der Waals surface area contributed by atoms with Gasteiger partial charge in [-0.3, -0.25) is 9.59 Å². The van der Waals surface area contributed by atoms with Crippen LogP contribution in [-0.2, 0) is 15.0 Å². The fourth-order valence-corrected chi connectivity index (χ4v) is 3.39. The molecule has 112 valence electrons. The maximum atomic E-state index is 12.8. The van der Waals surface area contributed by atoms with E-state index in [0.717, 1.165) is 5.56 Å². The second-order valence-corrected chi connectivity index (χ2v) is 5.73. The molecule has 0 saturated carbocycles. The maximum absolute atomic E-state index is 12.8. The first-order valence-corrected chi connectivity index (χ1v) is 7.63. The number of nitrogens with two attached hydrogens (primary N) is 1. The molecule has 0 radical (unpaired) electrons. The second-order valence-electron chi connectivity index (χ2n) is 4.83. The number of thiazole rings is 1. The SMILES string of the molecule is N#CCC(=O)C(CCC(N)=O)(c1ccccc1)c1nccs1. The molecule has 2 aromatic rings. The fraction of sp³-hybridized carbons (Fsp3) is 0.250. The molecular weight excluding hydrogens is 298 g/mol. The summed E-state index contributed by atoms with van der Waals surface area (Å²) in [6, 6.07) is 11.0. The Kier molecular flexibility index (Phi) is 5.02. The molecule has 22 heavy (non-hydrogen) atoms. The van der Waals surface area contributed by atoms with Crippen LogP contribution in [-0.4, -0.2) is 16.7 Å². The van der Waals surface area contributed by atoms with Crippen LogP contribution in [0.5, 0.6) is 0 Å². The number of benzene rings is 1. The van der Waals surface area contributed by atoms with Gasteiger partial charge in [-0.05, 0) is 12.0 Å². The van der Waals surface area contributed by atoms with Gasteiger partial charge >= 0.3 is 0 Å². The molecule has 0 spiro atoms. The summed E-state index contributed by atoms with van der Waals surface area (Å²) < 4.78 is 0. The van der Waals surface area contributed by atoms with E-state index < -0.39 is 11.3 Å². The highest BCUT2D eigenvalue weighted by molar-refractivity contribution is 7.09. The summed E-state index contributed by atoms with van der Waals surface area (Å²) in [6.45, 7) is 0. The van der Waals surface area contributed by atoms with E-state index in [1.165, 1.54) is 11.3 Å². The van der Waals surface area contributed by atoms with Crippen LogP contribution >= 0.6 is 11.3 Å². The topological polar surface area (TPSA) is 96.8 Å². The van der Waals surface area contributed by atoms with Crippen LogP contribution in [0.4, 0.5) is 0 Å². The van der Waals surface area contributed by atoms with Gasteiger partial charge in [0, 0.05) is 18.0 Å². The molecule has 1 atom stereocenters. The van der Waals surface area contributed by atoms with Gasteiger partial charge < -0.3 is 5.73 Å². The summed E-state index contributed by atoms with van der Waals surface area (Å²) in [6.07, 6.45) is 1.63. The van der Waals surface area contributed by atoms with Crippen molar-refractivity contribution in [2.45, 2.75) is 24.7 Å². The first kappa shape index (κ1) is 15.9. The smallest absolute Gasteiger partial charge is 0.217 e. The largest absolute Gasteiger partial charge is 0.370 e. The number of hydrogen-bond acceptors (Lipinski definition) is 5. The minimum atomic E-state index is -1.10. The lowest BCUT2D eigenvalue weighted by molar-refractivity contribution is -0.123. The van der Waals surface area contributed by atoms with Gasteiger partial charge in [0.15, 0.2) is 5.78 Å². The fourth-order valence-electron chi connectivity index (χ4n) is 2.48. The number of Topliss-reactive ketones (excluding diaryl/α,β-unsaturated/α-hetero) is 1. The molecule has 1 aromatic carbocycles. The lowest BCUT2D eigenvalue weighted by Crippen LogP contribution is -2.38. The molecule has 1 heterocycles. The number of aromatic nitrogens is 1. The van der Waals surface area contributed by atoms with Crippen LogP contribution < -0.4 is 5.73 Å². The average Bonchev–Trinajstić information content (AvgIpc) is 3.04. The molecule has 2 N–H and O–H groups in total. The number of amides is 1. The van der Waals surface area contributed by atoms with E-state index in [1.54, 1.807) is 11.6 Å². The average molecular weight is 313 g/mol. The van der Waals surface area contributed by atoms with E-state index in [-0.39, 0.29) is 25.0 Å². The van der Waals surface area contributed by atoms with E-state index in [1.807, 2.05) is 36.4 Å². The molecule has 0 bridgehead atoms. The van der Waals surface area contributed by atoms with Crippen LogP contribution in [0.2, 0.25) is 0 Å². The van der Waals surface area contributed by atoms with Crippen molar-refractivity contribution in [1.29, 1.82) is 5.26 Å². The van der Waals surface area contributed by atoms with Crippen molar-refractivity contribution >= 4 is 23.0 Å². The highest BCUT2D eigenvalue weighted by atomic mass is 32.1. The van der Waals surface area contributed by atoms with Crippen molar-refractivity contribution in [3.8, 4) is 6.07 Å². The Bertz CT molecular complexity index is 692. The summed E-state index contributed by atoms with van der Waals surface area (Å²) in [7, 11) is 0. The molecule has 0 aliphatic rings. The van der Waals surface area contributed by atoms with Gasteiger partial charge in [0.05, 0.1) is 12.5 Å². The van der Waals surface area contributed by atoms with Gasteiger partial charge in [-0.15, -0.1) is 11.3 Å². The summed E-state index contributed by atoms with van der Waals surface area (Å²) >= 11 is 1.34. The van der Waals surface area contributed by atoms with Crippen molar-refractivity contribution in [3.05, 3.63) is 52.5 Å². The van der Waals surface area contributed by atoms with Gasteiger partial charge in [0.1, 0.15) is 10.4 Å². The number of nitriles is 1. The van der Waals surface area contributed by atoms with E-state index >= 15 is 0 Å². The Hall–Kier alpha value is -2.52. The number of hydrogen-bond donors (Lipinski definition) is 1.